The van der Waals surface area contributed by atoms with Gasteiger partial charge in [0.1, 0.15) is 5.75 Å². The van der Waals surface area contributed by atoms with Gasteiger partial charge in [-0.15, -0.1) is 0 Å². The van der Waals surface area contributed by atoms with E-state index in [1.165, 1.54) is 18.5 Å². The molecule has 0 aliphatic heterocycles. The van der Waals surface area contributed by atoms with Crippen molar-refractivity contribution in [3.05, 3.63) is 18.2 Å². The van der Waals surface area contributed by atoms with Crippen LogP contribution in [0.25, 0.3) is 0 Å². The zero-order valence-electron chi connectivity index (χ0n) is 11.5. The smallest absolute Gasteiger partial charge is 0.123 e. The van der Waals surface area contributed by atoms with E-state index in [-0.39, 0.29) is 0 Å². The summed E-state index contributed by atoms with van der Waals surface area (Å²) in [6.45, 7) is 7.14. The van der Waals surface area contributed by atoms with Crippen LogP contribution in [0.15, 0.2) is 18.2 Å². The Morgan fingerprint density at radius 3 is 2.67 bits per heavy atom. The second-order valence-electron chi connectivity index (χ2n) is 5.08. The molecule has 1 fully saturated rings. The monoisotopic (exact) mass is 248 g/mol. The molecule has 1 aromatic rings. The molecule has 2 rings (SSSR count). The van der Waals surface area contributed by atoms with Crippen LogP contribution in [0.3, 0.4) is 0 Å². The minimum absolute atomic E-state index is 0.680. The first-order valence-corrected chi connectivity index (χ1v) is 7.01. The Hall–Kier alpha value is -1.38. The molecule has 3 nitrogen and oxygen atoms in total. The molecule has 1 saturated carbocycles. The van der Waals surface area contributed by atoms with E-state index in [1.54, 1.807) is 0 Å². The molecule has 1 aliphatic carbocycles. The van der Waals surface area contributed by atoms with Crippen molar-refractivity contribution in [1.29, 1.82) is 0 Å². The highest BCUT2D eigenvalue weighted by atomic mass is 16.5. The first-order valence-electron chi connectivity index (χ1n) is 7.01. The molecule has 1 aliphatic rings. The minimum Gasteiger partial charge on any atom is -0.494 e. The Balaban J connectivity index is 2.15. The van der Waals surface area contributed by atoms with Gasteiger partial charge < -0.3 is 15.4 Å². The lowest BCUT2D eigenvalue weighted by molar-refractivity contribution is 0.340. The molecular weight excluding hydrogens is 224 g/mol. The Labute approximate surface area is 110 Å². The maximum atomic E-state index is 5.96. The van der Waals surface area contributed by atoms with Crippen LogP contribution in [0.5, 0.6) is 5.75 Å². The fourth-order valence-corrected chi connectivity index (χ4v) is 2.25. The second kappa shape index (κ2) is 5.98. The minimum atomic E-state index is 0.680. The van der Waals surface area contributed by atoms with Crippen molar-refractivity contribution in [2.45, 2.75) is 33.1 Å². The average Bonchev–Trinajstić information content (AvgIpc) is 3.12. The summed E-state index contributed by atoms with van der Waals surface area (Å²) in [5.41, 5.74) is 7.95. The van der Waals surface area contributed by atoms with Gasteiger partial charge in [0.05, 0.1) is 6.61 Å². The molecule has 0 unspecified atom stereocenters. The number of rotatable bonds is 7. The molecule has 1 aromatic carbocycles. The normalized spacial score (nSPS) is 14.6. The molecule has 0 aromatic heterocycles. The predicted molar refractivity (Wildman–Crippen MR) is 77.3 cm³/mol. The first kappa shape index (κ1) is 13.1. The molecule has 100 valence electrons. The molecule has 0 spiro atoms. The van der Waals surface area contributed by atoms with Crippen LogP contribution in [-0.4, -0.2) is 19.7 Å². The predicted octanol–water partition coefficient (Wildman–Crippen LogP) is 3.29. The molecule has 0 atom stereocenters. The van der Waals surface area contributed by atoms with E-state index >= 15 is 0 Å². The summed E-state index contributed by atoms with van der Waals surface area (Å²) in [5, 5.41) is 0. The molecule has 0 saturated heterocycles. The van der Waals surface area contributed by atoms with Crippen molar-refractivity contribution < 1.29 is 4.74 Å². The lowest BCUT2D eigenvalue weighted by atomic mass is 10.2. The van der Waals surface area contributed by atoms with Gasteiger partial charge in [0.25, 0.3) is 0 Å². The second-order valence-corrected chi connectivity index (χ2v) is 5.08. The van der Waals surface area contributed by atoms with Crippen molar-refractivity contribution in [1.82, 2.24) is 0 Å². The van der Waals surface area contributed by atoms with Gasteiger partial charge in [-0.25, -0.2) is 0 Å². The number of nitrogen functional groups attached to an aromatic ring is 1. The van der Waals surface area contributed by atoms with Crippen molar-refractivity contribution >= 4 is 11.4 Å². The first-order chi connectivity index (χ1) is 8.72. The van der Waals surface area contributed by atoms with Gasteiger partial charge in [-0.1, -0.05) is 6.92 Å². The van der Waals surface area contributed by atoms with E-state index in [0.717, 1.165) is 36.9 Å². The van der Waals surface area contributed by atoms with Gasteiger partial charge in [-0.3, -0.25) is 0 Å². The summed E-state index contributed by atoms with van der Waals surface area (Å²) in [6, 6.07) is 6.06. The van der Waals surface area contributed by atoms with E-state index in [2.05, 4.69) is 24.0 Å². The van der Waals surface area contributed by atoms with Crippen LogP contribution in [0, 0.1) is 5.92 Å². The Morgan fingerprint density at radius 1 is 1.28 bits per heavy atom. The van der Waals surface area contributed by atoms with Gasteiger partial charge in [0.15, 0.2) is 0 Å². The third kappa shape index (κ3) is 3.56. The van der Waals surface area contributed by atoms with Crippen LogP contribution in [0.1, 0.15) is 33.1 Å². The van der Waals surface area contributed by atoms with Gasteiger partial charge in [0.2, 0.25) is 0 Å². The van der Waals surface area contributed by atoms with Crippen molar-refractivity contribution in [2.75, 3.05) is 30.3 Å². The third-order valence-electron chi connectivity index (χ3n) is 3.26. The number of ether oxygens (including phenoxy) is 1. The third-order valence-corrected chi connectivity index (χ3v) is 3.26. The highest BCUT2D eigenvalue weighted by Gasteiger charge is 2.24. The van der Waals surface area contributed by atoms with Crippen molar-refractivity contribution in [2.24, 2.45) is 5.92 Å². The topological polar surface area (TPSA) is 38.5 Å². The molecule has 0 radical (unpaired) electrons. The standard InChI is InChI=1S/C15H24N2O/c1-3-7-17(11-12-5-6-12)14-8-13(16)9-15(10-14)18-4-2/h8-10,12H,3-7,11,16H2,1-2H3. The summed E-state index contributed by atoms with van der Waals surface area (Å²) in [6.07, 6.45) is 3.91. The molecule has 0 heterocycles. The van der Waals surface area contributed by atoms with Crippen LogP contribution >= 0.6 is 0 Å². The number of nitrogens with two attached hydrogens (primary N) is 1. The Bertz CT molecular complexity index is 388. The molecule has 2 N–H and O–H groups in total. The molecule has 0 amide bonds. The van der Waals surface area contributed by atoms with Gasteiger partial charge in [-0.2, -0.15) is 0 Å². The quantitative estimate of drug-likeness (QED) is 0.752. The summed E-state index contributed by atoms with van der Waals surface area (Å²) in [7, 11) is 0. The summed E-state index contributed by atoms with van der Waals surface area (Å²) < 4.78 is 5.57. The van der Waals surface area contributed by atoms with Gasteiger partial charge in [-0.05, 0) is 38.2 Å². The zero-order chi connectivity index (χ0) is 13.0. The lowest BCUT2D eigenvalue weighted by Gasteiger charge is -2.25. The fourth-order valence-electron chi connectivity index (χ4n) is 2.25. The lowest BCUT2D eigenvalue weighted by Crippen LogP contribution is -2.26. The zero-order valence-corrected chi connectivity index (χ0v) is 11.5. The van der Waals surface area contributed by atoms with E-state index in [4.69, 9.17) is 10.5 Å². The number of hydrogen-bond donors (Lipinski definition) is 1. The highest BCUT2D eigenvalue weighted by molar-refractivity contribution is 5.60. The van der Waals surface area contributed by atoms with E-state index < -0.39 is 0 Å². The Kier molecular flexibility index (Phi) is 4.34. The number of anilines is 2. The maximum absolute atomic E-state index is 5.96. The fraction of sp³-hybridized carbons (Fsp3) is 0.600. The number of nitrogens with zero attached hydrogens (tertiary/aromatic N) is 1. The molecular formula is C15H24N2O. The Morgan fingerprint density at radius 2 is 2.06 bits per heavy atom. The molecule has 3 heteroatoms. The van der Waals surface area contributed by atoms with Crippen molar-refractivity contribution in [3.63, 3.8) is 0 Å². The van der Waals surface area contributed by atoms with E-state index in [1.807, 2.05) is 13.0 Å². The molecule has 0 bridgehead atoms. The maximum Gasteiger partial charge on any atom is 0.123 e. The number of benzene rings is 1. The van der Waals surface area contributed by atoms with Gasteiger partial charge >= 0.3 is 0 Å². The average molecular weight is 248 g/mol. The summed E-state index contributed by atoms with van der Waals surface area (Å²) >= 11 is 0. The summed E-state index contributed by atoms with van der Waals surface area (Å²) in [5.74, 6) is 1.76. The van der Waals surface area contributed by atoms with Crippen LogP contribution in [0.2, 0.25) is 0 Å². The van der Waals surface area contributed by atoms with Gasteiger partial charge in [0, 0.05) is 36.6 Å². The van der Waals surface area contributed by atoms with E-state index in [0.29, 0.717) is 6.61 Å². The number of hydrogen-bond acceptors (Lipinski definition) is 3. The van der Waals surface area contributed by atoms with Crippen LogP contribution in [-0.2, 0) is 0 Å². The highest BCUT2D eigenvalue weighted by Crippen LogP contribution is 2.33. The molecule has 18 heavy (non-hydrogen) atoms. The SMILES string of the molecule is CCCN(CC1CC1)c1cc(N)cc(OCC)c1. The van der Waals surface area contributed by atoms with Crippen LogP contribution in [0.4, 0.5) is 11.4 Å². The largest absolute Gasteiger partial charge is 0.494 e. The van der Waals surface area contributed by atoms with E-state index in [9.17, 15) is 0 Å². The summed E-state index contributed by atoms with van der Waals surface area (Å²) in [4.78, 5) is 2.44. The van der Waals surface area contributed by atoms with Crippen molar-refractivity contribution in [3.8, 4) is 5.75 Å². The van der Waals surface area contributed by atoms with Crippen LogP contribution < -0.4 is 15.4 Å².